The van der Waals surface area contributed by atoms with Crippen molar-refractivity contribution in [3.05, 3.63) is 23.8 Å². The molecule has 1 atom stereocenters. The van der Waals surface area contributed by atoms with Gasteiger partial charge in [0, 0.05) is 12.2 Å². The first-order valence-electron chi connectivity index (χ1n) is 8.20. The average molecular weight is 438 g/mol. The summed E-state index contributed by atoms with van der Waals surface area (Å²) < 4.78 is 70.0. The second-order valence-corrected chi connectivity index (χ2v) is 5.96. The van der Waals surface area contributed by atoms with E-state index >= 15 is 0 Å². The number of primary amides is 1. The van der Waals surface area contributed by atoms with Gasteiger partial charge in [-0.1, -0.05) is 0 Å². The number of rotatable bonds is 6. The van der Waals surface area contributed by atoms with E-state index in [-0.39, 0.29) is 25.4 Å². The zero-order valence-electron chi connectivity index (χ0n) is 15.0. The van der Waals surface area contributed by atoms with E-state index in [1.54, 1.807) is 5.32 Å². The maximum absolute atomic E-state index is 13.5. The number of nitrogens with zero attached hydrogens (tertiary/aromatic N) is 1. The van der Waals surface area contributed by atoms with Crippen LogP contribution >= 0.6 is 0 Å². The van der Waals surface area contributed by atoms with Gasteiger partial charge in [0.1, 0.15) is 6.61 Å². The molecule has 0 saturated carbocycles. The van der Waals surface area contributed by atoms with Crippen molar-refractivity contribution in [1.82, 2.24) is 5.32 Å². The van der Waals surface area contributed by atoms with Gasteiger partial charge in [-0.25, -0.2) is 0 Å². The molecule has 0 aliphatic carbocycles. The molecule has 1 aromatic carbocycles. The quantitative estimate of drug-likeness (QED) is 0.433. The maximum Gasteiger partial charge on any atom is 0.418 e. The van der Waals surface area contributed by atoms with Crippen LogP contribution in [0.3, 0.4) is 0 Å². The van der Waals surface area contributed by atoms with Crippen molar-refractivity contribution in [3.63, 3.8) is 0 Å². The molecule has 0 aromatic heterocycles. The van der Waals surface area contributed by atoms with Crippen molar-refractivity contribution in [3.8, 4) is 0 Å². The maximum atomic E-state index is 13.5. The third-order valence-corrected chi connectivity index (χ3v) is 3.90. The largest absolute Gasteiger partial charge is 0.418 e. The Morgan fingerprint density at radius 2 is 1.83 bits per heavy atom. The fraction of sp³-hybridized carbons (Fsp3) is 0.375. The molecular formula is C16H15F5N4O5. The number of nitrogens with two attached hydrogens (primary N) is 1. The Bertz CT molecular complexity index is 861. The highest BCUT2D eigenvalue weighted by Gasteiger charge is 2.37. The lowest BCUT2D eigenvalue weighted by molar-refractivity contribution is -0.138. The van der Waals surface area contributed by atoms with Crippen LogP contribution in [0.5, 0.6) is 0 Å². The van der Waals surface area contributed by atoms with Crippen molar-refractivity contribution >= 4 is 35.0 Å². The SMILES string of the molecule is NC(=O)[C@H](NC(=O)C(F)F)C(=O)Nc1ccc(N2CCOCC2=O)cc1C(F)(F)F. The smallest absolute Gasteiger partial charge is 0.370 e. The van der Waals surface area contributed by atoms with Crippen LogP contribution in [0.15, 0.2) is 18.2 Å². The normalized spacial score (nSPS) is 15.7. The lowest BCUT2D eigenvalue weighted by Crippen LogP contribution is -2.53. The lowest BCUT2D eigenvalue weighted by Gasteiger charge is -2.28. The standard InChI is InChI=1S/C16H15F5N4O5/c17-12(18)15(29)24-11(13(22)27)14(28)23-9-2-1-7(5-8(9)16(19,20)21)25-3-4-30-6-10(25)26/h1-2,5,11-12H,3-4,6H2,(H2,22,27)(H,23,28)(H,24,29)/t11-/m0/s1. The first kappa shape index (κ1) is 23.0. The number of hydrogen-bond acceptors (Lipinski definition) is 5. The number of ether oxygens (including phenoxy) is 1. The van der Waals surface area contributed by atoms with Gasteiger partial charge >= 0.3 is 12.6 Å². The number of hydrogen-bond donors (Lipinski definition) is 3. The van der Waals surface area contributed by atoms with Gasteiger partial charge in [0.2, 0.25) is 5.91 Å². The highest BCUT2D eigenvalue weighted by atomic mass is 19.4. The number of halogens is 5. The molecule has 30 heavy (non-hydrogen) atoms. The molecular weight excluding hydrogens is 423 g/mol. The molecule has 1 aliphatic rings. The molecule has 14 heteroatoms. The summed E-state index contributed by atoms with van der Waals surface area (Å²) in [6.07, 6.45) is -8.58. The molecule has 1 saturated heterocycles. The molecule has 0 radical (unpaired) electrons. The van der Waals surface area contributed by atoms with E-state index in [9.17, 15) is 41.1 Å². The van der Waals surface area contributed by atoms with Gasteiger partial charge in [0.25, 0.3) is 17.7 Å². The topological polar surface area (TPSA) is 131 Å². The third-order valence-electron chi connectivity index (χ3n) is 3.90. The summed E-state index contributed by atoms with van der Waals surface area (Å²) in [6, 6.07) is 0.167. The number of nitrogens with one attached hydrogen (secondary N) is 2. The van der Waals surface area contributed by atoms with Gasteiger partial charge < -0.3 is 26.0 Å². The molecule has 164 valence electrons. The van der Waals surface area contributed by atoms with Crippen molar-refractivity contribution in [2.75, 3.05) is 30.0 Å². The second-order valence-electron chi connectivity index (χ2n) is 5.96. The molecule has 4 N–H and O–H groups in total. The van der Waals surface area contributed by atoms with Gasteiger partial charge in [0.15, 0.2) is 6.04 Å². The van der Waals surface area contributed by atoms with Crippen LogP contribution in [0.25, 0.3) is 0 Å². The van der Waals surface area contributed by atoms with Gasteiger partial charge in [-0.3, -0.25) is 19.2 Å². The van der Waals surface area contributed by atoms with Crippen molar-refractivity contribution in [2.45, 2.75) is 18.6 Å². The van der Waals surface area contributed by atoms with E-state index in [0.29, 0.717) is 6.07 Å². The molecule has 1 fully saturated rings. The summed E-state index contributed by atoms with van der Waals surface area (Å²) in [5, 5.41) is 3.08. The van der Waals surface area contributed by atoms with Crippen LogP contribution in [0, 0.1) is 0 Å². The van der Waals surface area contributed by atoms with Gasteiger partial charge in [-0.15, -0.1) is 0 Å². The Morgan fingerprint density at radius 1 is 1.17 bits per heavy atom. The first-order valence-corrected chi connectivity index (χ1v) is 8.20. The van der Waals surface area contributed by atoms with Gasteiger partial charge in [0.05, 0.1) is 17.9 Å². The predicted molar refractivity (Wildman–Crippen MR) is 90.4 cm³/mol. The summed E-state index contributed by atoms with van der Waals surface area (Å²) in [5.41, 5.74) is 2.53. The minimum Gasteiger partial charge on any atom is -0.370 e. The molecule has 1 aromatic rings. The number of anilines is 2. The molecule has 0 bridgehead atoms. The van der Waals surface area contributed by atoms with Gasteiger partial charge in [-0.2, -0.15) is 22.0 Å². The van der Waals surface area contributed by atoms with E-state index in [1.165, 1.54) is 5.32 Å². The summed E-state index contributed by atoms with van der Waals surface area (Å²) >= 11 is 0. The van der Waals surface area contributed by atoms with Crippen LogP contribution < -0.4 is 21.3 Å². The predicted octanol–water partition coefficient (Wildman–Crippen LogP) is 0.242. The number of carbonyl (C=O) groups excluding carboxylic acids is 4. The van der Waals surface area contributed by atoms with Crippen molar-refractivity contribution in [1.29, 1.82) is 0 Å². The highest BCUT2D eigenvalue weighted by Crippen LogP contribution is 2.37. The Balaban J connectivity index is 2.33. The minimum absolute atomic E-state index is 0.00520. The molecule has 1 aliphatic heterocycles. The Kier molecular flexibility index (Phi) is 6.92. The molecule has 0 unspecified atom stereocenters. The Labute approximate surface area is 165 Å². The van der Waals surface area contributed by atoms with E-state index < -0.39 is 53.5 Å². The summed E-state index contributed by atoms with van der Waals surface area (Å²) in [5.74, 6) is -5.70. The molecule has 1 heterocycles. The third kappa shape index (κ3) is 5.40. The van der Waals surface area contributed by atoms with Crippen molar-refractivity contribution in [2.24, 2.45) is 5.73 Å². The fourth-order valence-corrected chi connectivity index (χ4v) is 2.51. The second kappa shape index (κ2) is 9.02. The van der Waals surface area contributed by atoms with Crippen molar-refractivity contribution < 1.29 is 45.9 Å². The number of alkyl halides is 5. The number of morpholine rings is 1. The zero-order valence-corrected chi connectivity index (χ0v) is 15.0. The summed E-state index contributed by atoms with van der Waals surface area (Å²) in [4.78, 5) is 47.3. The molecule has 2 rings (SSSR count). The fourth-order valence-electron chi connectivity index (χ4n) is 2.51. The summed E-state index contributed by atoms with van der Waals surface area (Å²) in [7, 11) is 0. The van der Waals surface area contributed by atoms with Crippen LogP contribution in [0.1, 0.15) is 5.56 Å². The van der Waals surface area contributed by atoms with E-state index in [4.69, 9.17) is 10.5 Å². The van der Waals surface area contributed by atoms with Gasteiger partial charge in [-0.05, 0) is 18.2 Å². The van der Waals surface area contributed by atoms with E-state index in [2.05, 4.69) is 0 Å². The number of amides is 4. The lowest BCUT2D eigenvalue weighted by atomic mass is 10.1. The van der Waals surface area contributed by atoms with Crippen LogP contribution in [-0.2, 0) is 30.1 Å². The van der Waals surface area contributed by atoms with Crippen LogP contribution in [0.4, 0.5) is 33.3 Å². The molecule has 4 amide bonds. The minimum atomic E-state index is -5.00. The Hall–Kier alpha value is -3.29. The summed E-state index contributed by atoms with van der Waals surface area (Å²) in [6.45, 7) is -0.203. The highest BCUT2D eigenvalue weighted by molar-refractivity contribution is 6.12. The van der Waals surface area contributed by atoms with Crippen LogP contribution in [0.2, 0.25) is 0 Å². The average Bonchev–Trinajstić information content (AvgIpc) is 2.65. The Morgan fingerprint density at radius 3 is 2.37 bits per heavy atom. The zero-order chi connectivity index (χ0) is 22.6. The molecule has 9 nitrogen and oxygen atoms in total. The van der Waals surface area contributed by atoms with E-state index in [0.717, 1.165) is 17.0 Å². The first-order chi connectivity index (χ1) is 13.9. The number of carbonyl (C=O) groups is 4. The number of benzene rings is 1. The van der Waals surface area contributed by atoms with E-state index in [1.807, 2.05) is 0 Å². The molecule has 0 spiro atoms. The van der Waals surface area contributed by atoms with Crippen LogP contribution in [-0.4, -0.2) is 55.9 Å². The monoisotopic (exact) mass is 438 g/mol.